The van der Waals surface area contributed by atoms with Crippen molar-refractivity contribution in [3.8, 4) is 11.1 Å². The van der Waals surface area contributed by atoms with Crippen LogP contribution in [0, 0.1) is 24.7 Å². The molecular formula is C41H52O3. The number of rotatable bonds is 11. The van der Waals surface area contributed by atoms with Gasteiger partial charge in [0.05, 0.1) is 6.42 Å². The highest BCUT2D eigenvalue weighted by molar-refractivity contribution is 6.04. The van der Waals surface area contributed by atoms with Crippen LogP contribution in [0.5, 0.6) is 0 Å². The van der Waals surface area contributed by atoms with Crippen molar-refractivity contribution in [1.29, 1.82) is 0 Å². The van der Waals surface area contributed by atoms with Gasteiger partial charge in [0.15, 0.2) is 5.78 Å². The molecule has 2 aromatic rings. The Morgan fingerprint density at radius 1 is 0.932 bits per heavy atom. The van der Waals surface area contributed by atoms with Crippen LogP contribution < -0.4 is 0 Å². The largest absolute Gasteiger partial charge is 0.300 e. The topological polar surface area (TPSA) is 51.2 Å². The van der Waals surface area contributed by atoms with Crippen LogP contribution in [0.4, 0.5) is 0 Å². The molecule has 2 aromatic carbocycles. The van der Waals surface area contributed by atoms with Crippen LogP contribution in [0.15, 0.2) is 42.5 Å². The summed E-state index contributed by atoms with van der Waals surface area (Å²) in [7, 11) is 0. The van der Waals surface area contributed by atoms with Gasteiger partial charge in [-0.3, -0.25) is 14.4 Å². The Kier molecular flexibility index (Phi) is 10.9. The maximum Gasteiger partial charge on any atom is 0.163 e. The molecule has 0 spiro atoms. The van der Waals surface area contributed by atoms with Crippen molar-refractivity contribution < 1.29 is 14.4 Å². The Bertz CT molecular complexity index is 1450. The van der Waals surface area contributed by atoms with E-state index in [1.165, 1.54) is 78.0 Å². The van der Waals surface area contributed by atoms with Crippen molar-refractivity contribution in [1.82, 2.24) is 0 Å². The van der Waals surface area contributed by atoms with Gasteiger partial charge >= 0.3 is 0 Å². The summed E-state index contributed by atoms with van der Waals surface area (Å²) in [4.78, 5) is 39.2. The predicted molar refractivity (Wildman–Crippen MR) is 182 cm³/mol. The lowest BCUT2D eigenvalue weighted by Gasteiger charge is -2.33. The van der Waals surface area contributed by atoms with Crippen LogP contribution in [0.1, 0.15) is 136 Å². The number of benzene rings is 2. The molecule has 0 saturated heterocycles. The number of hydrogen-bond donors (Lipinski definition) is 0. The molecule has 0 radical (unpaired) electrons. The number of carbonyl (C=O) groups excluding carboxylic acids is 3. The number of aryl methyl sites for hydroxylation is 2. The first kappa shape index (κ1) is 32.3. The van der Waals surface area contributed by atoms with E-state index in [0.29, 0.717) is 6.42 Å². The van der Waals surface area contributed by atoms with E-state index < -0.39 is 0 Å². The highest BCUT2D eigenvalue weighted by atomic mass is 16.1. The summed E-state index contributed by atoms with van der Waals surface area (Å²) in [6, 6.07) is 9.34. The van der Waals surface area contributed by atoms with E-state index >= 15 is 0 Å². The lowest BCUT2D eigenvalue weighted by atomic mass is 9.70. The van der Waals surface area contributed by atoms with Crippen LogP contribution in [0.3, 0.4) is 0 Å². The van der Waals surface area contributed by atoms with Crippen molar-refractivity contribution >= 4 is 22.9 Å². The molecule has 3 atom stereocenters. The van der Waals surface area contributed by atoms with Crippen LogP contribution in [-0.2, 0) is 28.9 Å². The lowest BCUT2D eigenvalue weighted by molar-refractivity contribution is -0.129. The Morgan fingerprint density at radius 2 is 1.73 bits per heavy atom. The summed E-state index contributed by atoms with van der Waals surface area (Å²) in [5, 5.41) is 0. The summed E-state index contributed by atoms with van der Waals surface area (Å²) in [6.07, 6.45) is 21.4. The van der Waals surface area contributed by atoms with E-state index in [1.54, 1.807) is 0 Å². The second-order valence-corrected chi connectivity index (χ2v) is 13.8. The Morgan fingerprint density at radius 3 is 2.50 bits per heavy atom. The van der Waals surface area contributed by atoms with Crippen molar-refractivity contribution in [2.24, 2.45) is 17.8 Å². The standard InChI is InChI=1S/C41H52O3/c1-5-14-33(35(6-2)39(43)21-27(3)42)22-29-23-38-37(31-15-11-9-7-8-10-12-16-31)26-36(28(4)41(38)40(44)24-29)34-20-19-30-17-13-18-32(30)25-34/h11,15-16,19-20,25-26,29,33,35H,5-10,12-14,17-18,21-24H2,1-4H3/b15-11-,31-16+. The maximum atomic E-state index is 14.2. The molecule has 3 nitrogen and oxygen atoms in total. The van der Waals surface area contributed by atoms with Gasteiger partial charge in [0, 0.05) is 17.9 Å². The Hall–Kier alpha value is -3.07. The molecule has 0 bridgehead atoms. The highest BCUT2D eigenvalue weighted by Crippen LogP contribution is 2.43. The summed E-state index contributed by atoms with van der Waals surface area (Å²) in [5.74, 6) is 0.576. The van der Waals surface area contributed by atoms with Gasteiger partial charge < -0.3 is 0 Å². The zero-order valence-electron chi connectivity index (χ0n) is 27.6. The van der Waals surface area contributed by atoms with Crippen molar-refractivity contribution in [3.63, 3.8) is 0 Å². The average Bonchev–Trinajstić information content (AvgIpc) is 3.50. The maximum absolute atomic E-state index is 14.2. The summed E-state index contributed by atoms with van der Waals surface area (Å²) < 4.78 is 0. The molecule has 0 aromatic heterocycles. The van der Waals surface area contributed by atoms with Crippen molar-refractivity contribution in [2.45, 2.75) is 124 Å². The molecule has 44 heavy (non-hydrogen) atoms. The molecule has 3 aliphatic carbocycles. The van der Waals surface area contributed by atoms with Gasteiger partial charge in [0.25, 0.3) is 0 Å². The first-order chi connectivity index (χ1) is 21.3. The molecule has 0 fully saturated rings. The van der Waals surface area contributed by atoms with Gasteiger partial charge in [-0.15, -0.1) is 0 Å². The zero-order valence-corrected chi connectivity index (χ0v) is 27.6. The van der Waals surface area contributed by atoms with Gasteiger partial charge in [-0.2, -0.15) is 0 Å². The SMILES string of the molecule is CCCC(CC1CC(=O)c2c(C)c(-c3ccc4c(c3)CCC4)cc(C3=C/CCCCC/C=C\3)c2C1)C(CC)C(=O)CC(C)=O. The van der Waals surface area contributed by atoms with Gasteiger partial charge in [0.2, 0.25) is 0 Å². The molecule has 234 valence electrons. The molecule has 3 heteroatoms. The van der Waals surface area contributed by atoms with E-state index in [9.17, 15) is 14.4 Å². The van der Waals surface area contributed by atoms with E-state index in [-0.39, 0.29) is 41.5 Å². The molecule has 0 heterocycles. The molecule has 0 aliphatic heterocycles. The van der Waals surface area contributed by atoms with E-state index in [0.717, 1.165) is 62.5 Å². The van der Waals surface area contributed by atoms with Gasteiger partial charge in [-0.25, -0.2) is 0 Å². The molecule has 0 N–H and O–H groups in total. The van der Waals surface area contributed by atoms with Crippen LogP contribution in [-0.4, -0.2) is 17.3 Å². The molecule has 3 aliphatic rings. The summed E-state index contributed by atoms with van der Waals surface area (Å²) >= 11 is 0. The lowest BCUT2D eigenvalue weighted by Crippen LogP contribution is -2.30. The van der Waals surface area contributed by atoms with E-state index in [1.807, 2.05) is 0 Å². The van der Waals surface area contributed by atoms with E-state index in [4.69, 9.17) is 0 Å². The van der Waals surface area contributed by atoms with Crippen LogP contribution in [0.25, 0.3) is 16.7 Å². The number of hydrogen-bond acceptors (Lipinski definition) is 3. The number of fused-ring (bicyclic) bond motifs is 2. The summed E-state index contributed by atoms with van der Waals surface area (Å²) in [5.41, 5.74) is 11.1. The minimum atomic E-state index is -0.112. The minimum absolute atomic E-state index is 0.0282. The van der Waals surface area contributed by atoms with Crippen molar-refractivity contribution in [3.05, 3.63) is 75.9 Å². The first-order valence-electron chi connectivity index (χ1n) is 17.5. The number of allylic oxidation sites excluding steroid dienone is 4. The minimum Gasteiger partial charge on any atom is -0.300 e. The second kappa shape index (κ2) is 14.8. The Balaban J connectivity index is 1.56. The van der Waals surface area contributed by atoms with E-state index in [2.05, 4.69) is 63.3 Å². The van der Waals surface area contributed by atoms with Crippen LogP contribution >= 0.6 is 0 Å². The average molecular weight is 593 g/mol. The third-order valence-electron chi connectivity index (χ3n) is 10.5. The molecular weight excluding hydrogens is 540 g/mol. The van der Waals surface area contributed by atoms with Gasteiger partial charge in [0.1, 0.15) is 11.6 Å². The summed E-state index contributed by atoms with van der Waals surface area (Å²) in [6.45, 7) is 7.92. The first-order valence-corrected chi connectivity index (χ1v) is 17.5. The van der Waals surface area contributed by atoms with Gasteiger partial charge in [-0.05, 0) is 140 Å². The predicted octanol–water partition coefficient (Wildman–Crippen LogP) is 10.2. The van der Waals surface area contributed by atoms with Crippen LogP contribution in [0.2, 0.25) is 0 Å². The Labute approximate surface area is 265 Å². The third kappa shape index (κ3) is 7.24. The highest BCUT2D eigenvalue weighted by Gasteiger charge is 2.35. The van der Waals surface area contributed by atoms with Crippen molar-refractivity contribution in [2.75, 3.05) is 0 Å². The second-order valence-electron chi connectivity index (χ2n) is 13.8. The zero-order chi connectivity index (χ0) is 31.2. The number of carbonyl (C=O) groups is 3. The smallest absolute Gasteiger partial charge is 0.163 e. The number of ketones is 3. The third-order valence-corrected chi connectivity index (χ3v) is 10.5. The molecule has 0 saturated carbocycles. The molecule has 5 rings (SSSR count). The number of Topliss-reactive ketones (excluding diaryl/α,β-unsaturated/α-hetero) is 3. The van der Waals surface area contributed by atoms with Gasteiger partial charge in [-0.1, -0.05) is 69.5 Å². The monoisotopic (exact) mass is 592 g/mol. The fourth-order valence-electron chi connectivity index (χ4n) is 8.41. The quantitative estimate of drug-likeness (QED) is 0.244. The molecule has 0 amide bonds. The normalized spacial score (nSPS) is 21.6. The molecule has 3 unspecified atom stereocenters. The fourth-order valence-corrected chi connectivity index (χ4v) is 8.41. The fraction of sp³-hybridized carbons (Fsp3) is 0.537.